The molecule has 1 N–H and O–H groups in total. The Morgan fingerprint density at radius 1 is 0.710 bits per heavy atom. The van der Waals surface area contributed by atoms with Crippen LogP contribution < -0.4 is 0 Å². The summed E-state index contributed by atoms with van der Waals surface area (Å²) in [7, 11) is 0. The van der Waals surface area contributed by atoms with E-state index in [1.807, 2.05) is 0 Å². The number of aliphatic hydroxyl groups is 1. The van der Waals surface area contributed by atoms with Crippen molar-refractivity contribution in [3.63, 3.8) is 0 Å². The maximum atomic E-state index is 10.6. The number of fused-ring (bicyclic) bond motifs is 7. The van der Waals surface area contributed by atoms with Gasteiger partial charge in [0, 0.05) is 0 Å². The van der Waals surface area contributed by atoms with E-state index in [-0.39, 0.29) is 11.5 Å². The molecule has 5 aliphatic carbocycles. The summed E-state index contributed by atoms with van der Waals surface area (Å²) < 4.78 is 0. The third-order valence-corrected chi connectivity index (χ3v) is 13.6. The fraction of sp³-hybridized carbons (Fsp3) is 0.933. The van der Waals surface area contributed by atoms with Gasteiger partial charge >= 0.3 is 0 Å². The molecule has 0 aliphatic heterocycles. The Balaban J connectivity index is 1.53. The number of aliphatic hydroxyl groups excluding tert-OH is 1. The minimum atomic E-state index is -0.271. The largest absolute Gasteiger partial charge is 0.389 e. The summed E-state index contributed by atoms with van der Waals surface area (Å²) in [5.74, 6) is 4.20. The van der Waals surface area contributed by atoms with Crippen LogP contribution in [0.4, 0.5) is 0 Å². The molecule has 0 heterocycles. The van der Waals surface area contributed by atoms with Crippen molar-refractivity contribution in [3.05, 3.63) is 12.2 Å². The third-order valence-electron chi connectivity index (χ3n) is 13.6. The Morgan fingerprint density at radius 3 is 1.87 bits per heavy atom. The van der Waals surface area contributed by atoms with E-state index in [0.29, 0.717) is 27.6 Å². The van der Waals surface area contributed by atoms with E-state index in [2.05, 4.69) is 55.0 Å². The van der Waals surface area contributed by atoms with Gasteiger partial charge in [-0.15, -0.1) is 0 Å². The molecule has 5 fully saturated rings. The molecular weight excluding hydrogens is 376 g/mol. The quantitative estimate of drug-likeness (QED) is 0.421. The minimum absolute atomic E-state index is 0.145. The molecular formula is C30H50O. The van der Waals surface area contributed by atoms with Gasteiger partial charge in [-0.05, 0) is 126 Å². The standard InChI is InChI=1S/C30H50O/c1-19(2)21-9-11-24-27(21,5)15-17-30(8)25-13-14-26(4)20(3)22(31)10-12-23(26)28(25,6)16-18-29(24,30)7/h19,21-25,31H,3,9-18H2,1-2,4-8H3/t21-,22-,23-,24?,25-,26-,27-,28+,29+,30-/m1/s1. The van der Waals surface area contributed by atoms with Crippen molar-refractivity contribution < 1.29 is 5.11 Å². The van der Waals surface area contributed by atoms with Gasteiger partial charge in [0.05, 0.1) is 6.10 Å². The van der Waals surface area contributed by atoms with Crippen LogP contribution in [0.25, 0.3) is 0 Å². The normalized spacial score (nSPS) is 59.0. The average molecular weight is 427 g/mol. The molecule has 0 saturated heterocycles. The predicted molar refractivity (Wildman–Crippen MR) is 131 cm³/mol. The molecule has 1 unspecified atom stereocenters. The summed E-state index contributed by atoms with van der Waals surface area (Å²) in [5.41, 5.74) is 3.23. The van der Waals surface area contributed by atoms with Crippen molar-refractivity contribution in [2.45, 2.75) is 119 Å². The molecule has 0 radical (unpaired) electrons. The number of rotatable bonds is 1. The van der Waals surface area contributed by atoms with Gasteiger partial charge in [-0.25, -0.2) is 0 Å². The van der Waals surface area contributed by atoms with Crippen molar-refractivity contribution in [2.75, 3.05) is 0 Å². The van der Waals surface area contributed by atoms with Crippen LogP contribution in [0.2, 0.25) is 0 Å². The molecule has 10 atom stereocenters. The zero-order valence-corrected chi connectivity index (χ0v) is 21.7. The molecule has 0 aromatic carbocycles. The lowest BCUT2D eigenvalue weighted by molar-refractivity contribution is -0.238. The Labute approximate surface area is 192 Å². The molecule has 0 amide bonds. The first-order chi connectivity index (χ1) is 14.3. The summed E-state index contributed by atoms with van der Waals surface area (Å²) in [4.78, 5) is 0. The van der Waals surface area contributed by atoms with Gasteiger partial charge < -0.3 is 5.11 Å². The summed E-state index contributed by atoms with van der Waals surface area (Å²) in [6.45, 7) is 22.7. The zero-order chi connectivity index (χ0) is 22.6. The van der Waals surface area contributed by atoms with Crippen LogP contribution in [0.1, 0.15) is 113 Å². The first kappa shape index (κ1) is 22.5. The molecule has 0 spiro atoms. The van der Waals surface area contributed by atoms with Crippen LogP contribution in [0.5, 0.6) is 0 Å². The molecule has 31 heavy (non-hydrogen) atoms. The van der Waals surface area contributed by atoms with E-state index >= 15 is 0 Å². The van der Waals surface area contributed by atoms with Crippen molar-refractivity contribution in [3.8, 4) is 0 Å². The molecule has 1 heteroatoms. The van der Waals surface area contributed by atoms with E-state index in [1.54, 1.807) is 0 Å². The second kappa shape index (κ2) is 6.64. The summed E-state index contributed by atoms with van der Waals surface area (Å²) in [6, 6.07) is 0. The lowest BCUT2D eigenvalue weighted by Crippen LogP contribution is -2.66. The molecule has 0 bridgehead atoms. The second-order valence-electron chi connectivity index (χ2n) is 14.5. The molecule has 5 rings (SSSR count). The number of hydrogen-bond donors (Lipinski definition) is 1. The molecule has 176 valence electrons. The summed E-state index contributed by atoms with van der Waals surface area (Å²) >= 11 is 0. The highest BCUT2D eigenvalue weighted by Crippen LogP contribution is 2.79. The second-order valence-corrected chi connectivity index (χ2v) is 14.5. The topological polar surface area (TPSA) is 20.2 Å². The third kappa shape index (κ3) is 2.54. The predicted octanol–water partition coefficient (Wildman–Crippen LogP) is 8.02. The van der Waals surface area contributed by atoms with Crippen LogP contribution >= 0.6 is 0 Å². The van der Waals surface area contributed by atoms with Crippen LogP contribution in [0.15, 0.2) is 12.2 Å². The Kier molecular flexibility index (Phi) is 4.82. The monoisotopic (exact) mass is 426 g/mol. The Morgan fingerprint density at radius 2 is 1.26 bits per heavy atom. The lowest BCUT2D eigenvalue weighted by Gasteiger charge is -2.73. The summed E-state index contributed by atoms with van der Waals surface area (Å²) in [5, 5.41) is 10.6. The highest BCUT2D eigenvalue weighted by molar-refractivity contribution is 5.26. The zero-order valence-electron chi connectivity index (χ0n) is 21.7. The van der Waals surface area contributed by atoms with Crippen LogP contribution in [-0.2, 0) is 0 Å². The highest BCUT2D eigenvalue weighted by Gasteiger charge is 2.71. The smallest absolute Gasteiger partial charge is 0.0753 e. The number of hydrogen-bond acceptors (Lipinski definition) is 1. The van der Waals surface area contributed by atoms with Gasteiger partial charge in [0.1, 0.15) is 0 Å². The molecule has 0 aromatic heterocycles. The van der Waals surface area contributed by atoms with Gasteiger partial charge in [0.15, 0.2) is 0 Å². The van der Waals surface area contributed by atoms with E-state index in [1.165, 1.54) is 57.8 Å². The summed E-state index contributed by atoms with van der Waals surface area (Å²) in [6.07, 6.45) is 13.1. The fourth-order valence-electron chi connectivity index (χ4n) is 11.8. The Hall–Kier alpha value is -0.300. The van der Waals surface area contributed by atoms with Crippen molar-refractivity contribution >= 4 is 0 Å². The van der Waals surface area contributed by atoms with Gasteiger partial charge in [-0.1, -0.05) is 55.0 Å². The SMILES string of the molecule is C=C1[C@H](O)CC[C@H]2[C@]3(C)CC[C@@]4(C)C5CC[C@H](C(C)C)[C@@]5(C)CC[C@]4(C)[C@@H]3CC[C@]12C. The molecule has 5 aliphatic rings. The van der Waals surface area contributed by atoms with E-state index in [4.69, 9.17) is 0 Å². The molecule has 0 aromatic rings. The van der Waals surface area contributed by atoms with Crippen LogP contribution in [0, 0.1) is 56.7 Å². The van der Waals surface area contributed by atoms with Gasteiger partial charge in [0.2, 0.25) is 0 Å². The van der Waals surface area contributed by atoms with Gasteiger partial charge in [-0.3, -0.25) is 0 Å². The van der Waals surface area contributed by atoms with Gasteiger partial charge in [-0.2, -0.15) is 0 Å². The lowest BCUT2D eigenvalue weighted by atomic mass is 9.31. The minimum Gasteiger partial charge on any atom is -0.389 e. The van der Waals surface area contributed by atoms with E-state index in [0.717, 1.165) is 35.7 Å². The molecule has 5 saturated carbocycles. The Bertz CT molecular complexity index is 768. The van der Waals surface area contributed by atoms with E-state index < -0.39 is 0 Å². The maximum Gasteiger partial charge on any atom is 0.0753 e. The van der Waals surface area contributed by atoms with Crippen LogP contribution in [-0.4, -0.2) is 11.2 Å². The van der Waals surface area contributed by atoms with Crippen molar-refractivity contribution in [2.24, 2.45) is 56.7 Å². The molecule has 1 nitrogen and oxygen atoms in total. The van der Waals surface area contributed by atoms with Crippen LogP contribution in [0.3, 0.4) is 0 Å². The van der Waals surface area contributed by atoms with E-state index in [9.17, 15) is 5.11 Å². The maximum absolute atomic E-state index is 10.6. The fourth-order valence-corrected chi connectivity index (χ4v) is 11.8. The van der Waals surface area contributed by atoms with Gasteiger partial charge in [0.25, 0.3) is 0 Å². The average Bonchev–Trinajstić information content (AvgIpc) is 3.06. The van der Waals surface area contributed by atoms with Crippen molar-refractivity contribution in [1.29, 1.82) is 0 Å². The van der Waals surface area contributed by atoms with Crippen molar-refractivity contribution in [1.82, 2.24) is 0 Å². The first-order valence-corrected chi connectivity index (χ1v) is 13.7. The highest BCUT2D eigenvalue weighted by atomic mass is 16.3. The first-order valence-electron chi connectivity index (χ1n) is 13.7.